The van der Waals surface area contributed by atoms with E-state index in [-0.39, 0.29) is 15.5 Å². The van der Waals surface area contributed by atoms with Gasteiger partial charge in [-0.15, -0.1) is 0 Å². The molecule has 150 valence electrons. The molecule has 0 saturated carbocycles. The molecule has 0 saturated heterocycles. The molecule has 9 heteroatoms. The number of aryl methyl sites for hydroxylation is 1. The number of ether oxygens (including phenoxy) is 1. The molecule has 2 aromatic rings. The molecule has 0 radical (unpaired) electrons. The van der Waals surface area contributed by atoms with Gasteiger partial charge in [-0.3, -0.25) is 4.79 Å². The topological polar surface area (TPSA) is 92.8 Å². The van der Waals surface area contributed by atoms with Crippen molar-refractivity contribution in [3.63, 3.8) is 0 Å². The number of nitrogens with zero attached hydrogens (tertiary/aromatic N) is 1. The highest BCUT2D eigenvalue weighted by Crippen LogP contribution is 2.23. The highest BCUT2D eigenvalue weighted by Gasteiger charge is 2.22. The van der Waals surface area contributed by atoms with Crippen molar-refractivity contribution in [3.05, 3.63) is 58.6 Å². The van der Waals surface area contributed by atoms with E-state index in [1.165, 1.54) is 39.2 Å². The molecule has 0 aliphatic heterocycles. The van der Waals surface area contributed by atoms with Crippen LogP contribution in [-0.4, -0.2) is 44.8 Å². The Morgan fingerprint density at radius 3 is 2.39 bits per heavy atom. The summed E-state index contributed by atoms with van der Waals surface area (Å²) >= 11 is 5.96. The highest BCUT2D eigenvalue weighted by molar-refractivity contribution is 7.89. The fraction of sp³-hybridized carbons (Fsp3) is 0.263. The first-order chi connectivity index (χ1) is 13.0. The molecule has 0 bridgehead atoms. The summed E-state index contributed by atoms with van der Waals surface area (Å²) < 4.78 is 30.8. The molecule has 0 aliphatic rings. The lowest BCUT2D eigenvalue weighted by Crippen LogP contribution is -2.30. The van der Waals surface area contributed by atoms with Gasteiger partial charge in [0.05, 0.1) is 15.5 Å². The molecular weight excluding hydrogens is 404 g/mol. The third-order valence-corrected chi connectivity index (χ3v) is 6.13. The normalized spacial score (nSPS) is 12.5. The van der Waals surface area contributed by atoms with E-state index in [0.29, 0.717) is 11.3 Å². The number of rotatable bonds is 6. The highest BCUT2D eigenvalue weighted by atomic mass is 35.5. The number of benzene rings is 2. The van der Waals surface area contributed by atoms with Gasteiger partial charge in [-0.2, -0.15) is 0 Å². The van der Waals surface area contributed by atoms with Gasteiger partial charge < -0.3 is 10.1 Å². The summed E-state index contributed by atoms with van der Waals surface area (Å²) in [7, 11) is -0.809. The number of halogens is 1. The molecule has 1 N–H and O–H groups in total. The average molecular weight is 425 g/mol. The van der Waals surface area contributed by atoms with E-state index in [1.54, 1.807) is 31.2 Å². The quantitative estimate of drug-likeness (QED) is 0.719. The van der Waals surface area contributed by atoms with Crippen molar-refractivity contribution in [1.29, 1.82) is 0 Å². The van der Waals surface area contributed by atoms with Gasteiger partial charge in [-0.25, -0.2) is 17.5 Å². The first-order valence-corrected chi connectivity index (χ1v) is 10.2. The molecule has 1 atom stereocenters. The summed E-state index contributed by atoms with van der Waals surface area (Å²) in [6, 6.07) is 10.8. The van der Waals surface area contributed by atoms with Gasteiger partial charge in [-0.05, 0) is 43.7 Å². The van der Waals surface area contributed by atoms with E-state index >= 15 is 0 Å². The number of hydrogen-bond acceptors (Lipinski definition) is 5. The smallest absolute Gasteiger partial charge is 0.340 e. The van der Waals surface area contributed by atoms with E-state index in [1.807, 2.05) is 0 Å². The SMILES string of the molecule is Cc1ccc(S(=O)(=O)N(C)C)cc1NC(=O)C(C)OC(=O)c1ccccc1Cl. The fourth-order valence-corrected chi connectivity index (χ4v) is 3.39. The molecule has 2 aromatic carbocycles. The number of hydrogen-bond donors (Lipinski definition) is 1. The maximum Gasteiger partial charge on any atom is 0.340 e. The van der Waals surface area contributed by atoms with Gasteiger partial charge in [0.25, 0.3) is 5.91 Å². The van der Waals surface area contributed by atoms with Crippen LogP contribution < -0.4 is 5.32 Å². The predicted molar refractivity (Wildman–Crippen MR) is 107 cm³/mol. The average Bonchev–Trinajstić information content (AvgIpc) is 2.63. The van der Waals surface area contributed by atoms with E-state index < -0.39 is 28.0 Å². The van der Waals surface area contributed by atoms with Gasteiger partial charge in [0.1, 0.15) is 0 Å². The van der Waals surface area contributed by atoms with Crippen molar-refractivity contribution in [1.82, 2.24) is 4.31 Å². The predicted octanol–water partition coefficient (Wildman–Crippen LogP) is 3.08. The van der Waals surface area contributed by atoms with Crippen LogP contribution in [0.15, 0.2) is 47.4 Å². The Bertz CT molecular complexity index is 1010. The number of carbonyl (C=O) groups is 2. The maximum absolute atomic E-state index is 12.4. The third kappa shape index (κ3) is 4.89. The molecule has 28 heavy (non-hydrogen) atoms. The maximum atomic E-state index is 12.4. The van der Waals surface area contributed by atoms with Crippen LogP contribution in [0, 0.1) is 6.92 Å². The molecular formula is C19H21ClN2O5S. The van der Waals surface area contributed by atoms with Crippen LogP contribution in [0.2, 0.25) is 5.02 Å². The molecule has 0 aliphatic carbocycles. The Balaban J connectivity index is 2.16. The Hall–Kier alpha value is -2.42. The number of amides is 1. The zero-order valence-corrected chi connectivity index (χ0v) is 17.5. The molecule has 1 amide bonds. The van der Waals surface area contributed by atoms with Crippen molar-refractivity contribution >= 4 is 39.2 Å². The second-order valence-corrected chi connectivity index (χ2v) is 8.84. The van der Waals surface area contributed by atoms with Crippen LogP contribution >= 0.6 is 11.6 Å². The van der Waals surface area contributed by atoms with Crippen LogP contribution in [0.5, 0.6) is 0 Å². The second-order valence-electron chi connectivity index (χ2n) is 6.28. The lowest BCUT2D eigenvalue weighted by atomic mass is 10.2. The largest absolute Gasteiger partial charge is 0.449 e. The van der Waals surface area contributed by atoms with E-state index in [2.05, 4.69) is 5.32 Å². The van der Waals surface area contributed by atoms with E-state index in [0.717, 1.165) is 4.31 Å². The zero-order chi connectivity index (χ0) is 21.1. The van der Waals surface area contributed by atoms with Crippen molar-refractivity contribution in [2.24, 2.45) is 0 Å². The van der Waals surface area contributed by atoms with Crippen LogP contribution in [-0.2, 0) is 19.6 Å². The molecule has 0 spiro atoms. The van der Waals surface area contributed by atoms with Gasteiger partial charge >= 0.3 is 5.97 Å². The van der Waals surface area contributed by atoms with Crippen LogP contribution in [0.3, 0.4) is 0 Å². The number of nitrogens with one attached hydrogen (secondary N) is 1. The van der Waals surface area contributed by atoms with Gasteiger partial charge in [0.15, 0.2) is 6.10 Å². The lowest BCUT2D eigenvalue weighted by molar-refractivity contribution is -0.123. The van der Waals surface area contributed by atoms with Crippen molar-refractivity contribution < 1.29 is 22.7 Å². The Labute approximate surface area is 169 Å². The third-order valence-electron chi connectivity index (χ3n) is 3.99. The second kappa shape index (κ2) is 8.72. The number of carbonyl (C=O) groups excluding carboxylic acids is 2. The first kappa shape index (κ1) is 21.9. The fourth-order valence-electron chi connectivity index (χ4n) is 2.25. The van der Waals surface area contributed by atoms with Crippen molar-refractivity contribution in [3.8, 4) is 0 Å². The van der Waals surface area contributed by atoms with Crippen LogP contribution in [0.4, 0.5) is 5.69 Å². The monoisotopic (exact) mass is 424 g/mol. The van der Waals surface area contributed by atoms with Crippen molar-refractivity contribution in [2.45, 2.75) is 24.8 Å². The minimum absolute atomic E-state index is 0.0408. The van der Waals surface area contributed by atoms with Crippen LogP contribution in [0.25, 0.3) is 0 Å². The van der Waals surface area contributed by atoms with E-state index in [4.69, 9.17) is 16.3 Å². The minimum atomic E-state index is -3.65. The summed E-state index contributed by atoms with van der Waals surface area (Å²) in [4.78, 5) is 24.7. The first-order valence-electron chi connectivity index (χ1n) is 8.33. The number of sulfonamides is 1. The summed E-state index contributed by atoms with van der Waals surface area (Å²) in [5.41, 5.74) is 1.13. The molecule has 0 fully saturated rings. The number of anilines is 1. The van der Waals surface area contributed by atoms with Gasteiger partial charge in [0.2, 0.25) is 10.0 Å². The lowest BCUT2D eigenvalue weighted by Gasteiger charge is -2.17. The van der Waals surface area contributed by atoms with Crippen molar-refractivity contribution in [2.75, 3.05) is 19.4 Å². The van der Waals surface area contributed by atoms with Gasteiger partial charge in [-0.1, -0.05) is 29.8 Å². The van der Waals surface area contributed by atoms with E-state index in [9.17, 15) is 18.0 Å². The summed E-state index contributed by atoms with van der Waals surface area (Å²) in [6.45, 7) is 3.14. The molecule has 1 unspecified atom stereocenters. The standard InChI is InChI=1S/C19H21ClN2O5S/c1-12-9-10-14(28(25,26)22(3)4)11-17(12)21-18(23)13(2)27-19(24)15-7-5-6-8-16(15)20/h5-11,13H,1-4H3,(H,21,23). The molecule has 2 rings (SSSR count). The summed E-state index contributed by atoms with van der Waals surface area (Å²) in [5.74, 6) is -1.32. The minimum Gasteiger partial charge on any atom is -0.449 e. The Morgan fingerprint density at radius 2 is 1.79 bits per heavy atom. The summed E-state index contributed by atoms with van der Waals surface area (Å²) in [6.07, 6.45) is -1.11. The number of esters is 1. The van der Waals surface area contributed by atoms with Crippen LogP contribution in [0.1, 0.15) is 22.8 Å². The zero-order valence-electron chi connectivity index (χ0n) is 15.9. The summed E-state index contributed by atoms with van der Waals surface area (Å²) in [5, 5.41) is 2.82. The Kier molecular flexibility index (Phi) is 6.82. The molecule has 7 nitrogen and oxygen atoms in total. The molecule has 0 heterocycles. The molecule has 0 aromatic heterocycles. The van der Waals surface area contributed by atoms with Gasteiger partial charge in [0, 0.05) is 19.8 Å². The Morgan fingerprint density at radius 1 is 1.14 bits per heavy atom.